The lowest BCUT2D eigenvalue weighted by atomic mass is 10.1. The minimum Gasteiger partial charge on any atom is -0.345 e. The predicted molar refractivity (Wildman–Crippen MR) is 91.4 cm³/mol. The van der Waals surface area contributed by atoms with Gasteiger partial charge in [0.1, 0.15) is 5.69 Å². The zero-order valence-corrected chi connectivity index (χ0v) is 13.4. The van der Waals surface area contributed by atoms with Gasteiger partial charge in [-0.25, -0.2) is 0 Å². The van der Waals surface area contributed by atoms with E-state index in [1.807, 2.05) is 31.3 Å². The Balaban J connectivity index is 1.62. The number of benzene rings is 1. The van der Waals surface area contributed by atoms with Crippen LogP contribution in [0.1, 0.15) is 33.9 Å². The third-order valence-corrected chi connectivity index (χ3v) is 4.45. The van der Waals surface area contributed by atoms with E-state index in [0.29, 0.717) is 11.3 Å². The Labute approximate surface area is 140 Å². The first-order valence-corrected chi connectivity index (χ1v) is 8.05. The second-order valence-corrected chi connectivity index (χ2v) is 6.07. The lowest BCUT2D eigenvalue weighted by Gasteiger charge is -2.14. The van der Waals surface area contributed by atoms with Crippen molar-refractivity contribution in [2.24, 2.45) is 7.05 Å². The number of nitrogens with zero attached hydrogens (tertiary/aromatic N) is 3. The van der Waals surface area contributed by atoms with E-state index < -0.39 is 0 Å². The fraction of sp³-hybridized carbons (Fsp3) is 0.211. The van der Waals surface area contributed by atoms with Crippen LogP contribution in [0.4, 0.5) is 0 Å². The monoisotopic (exact) mass is 318 g/mol. The Hall–Kier alpha value is -2.95. The minimum atomic E-state index is -0.0938. The lowest BCUT2D eigenvalue weighted by molar-refractivity contribution is 0.0937. The van der Waals surface area contributed by atoms with Crippen LogP contribution in [0, 0.1) is 0 Å². The van der Waals surface area contributed by atoms with E-state index >= 15 is 0 Å². The molecular formula is C19H18N4O. The van der Waals surface area contributed by atoms with Crippen LogP contribution in [0.3, 0.4) is 0 Å². The third-order valence-electron chi connectivity index (χ3n) is 4.45. The molecule has 1 N–H and O–H groups in total. The van der Waals surface area contributed by atoms with Crippen LogP contribution in [-0.4, -0.2) is 20.7 Å². The number of aromatic nitrogens is 3. The van der Waals surface area contributed by atoms with Crippen LogP contribution in [0.5, 0.6) is 0 Å². The third kappa shape index (κ3) is 2.58. The number of hydrogen-bond donors (Lipinski definition) is 1. The number of amides is 1. The summed E-state index contributed by atoms with van der Waals surface area (Å²) >= 11 is 0. The molecule has 4 rings (SSSR count). The molecule has 1 aromatic carbocycles. The largest absolute Gasteiger partial charge is 0.345 e. The molecule has 3 aromatic rings. The quantitative estimate of drug-likeness (QED) is 0.808. The van der Waals surface area contributed by atoms with Crippen molar-refractivity contribution in [2.45, 2.75) is 18.9 Å². The smallest absolute Gasteiger partial charge is 0.255 e. The van der Waals surface area contributed by atoms with Crippen LogP contribution in [0.25, 0.3) is 11.3 Å². The van der Waals surface area contributed by atoms with Gasteiger partial charge in [0.05, 0.1) is 11.6 Å². The van der Waals surface area contributed by atoms with E-state index in [4.69, 9.17) is 0 Å². The maximum absolute atomic E-state index is 12.8. The number of fused-ring (bicyclic) bond motifs is 1. The van der Waals surface area contributed by atoms with Gasteiger partial charge in [-0.2, -0.15) is 5.10 Å². The van der Waals surface area contributed by atoms with E-state index in [1.165, 1.54) is 11.1 Å². The molecule has 1 aliphatic carbocycles. The first kappa shape index (κ1) is 14.6. The van der Waals surface area contributed by atoms with E-state index in [9.17, 15) is 4.79 Å². The van der Waals surface area contributed by atoms with Crippen LogP contribution >= 0.6 is 0 Å². The van der Waals surface area contributed by atoms with Crippen LogP contribution in [0.2, 0.25) is 0 Å². The molecule has 2 aromatic heterocycles. The Kier molecular flexibility index (Phi) is 3.61. The SMILES string of the molecule is Cn1cc(C(=O)N[C@H]2CCc3ccccc32)c(-c2cccnc2)n1. The molecule has 0 spiro atoms. The Morgan fingerprint density at radius 1 is 1.25 bits per heavy atom. The predicted octanol–water partition coefficient (Wildman–Crippen LogP) is 2.90. The van der Waals surface area contributed by atoms with Gasteiger partial charge in [-0.1, -0.05) is 24.3 Å². The van der Waals surface area contributed by atoms with Crippen molar-refractivity contribution in [3.05, 3.63) is 71.7 Å². The Morgan fingerprint density at radius 3 is 2.96 bits per heavy atom. The molecule has 24 heavy (non-hydrogen) atoms. The summed E-state index contributed by atoms with van der Waals surface area (Å²) < 4.78 is 1.67. The number of aryl methyl sites for hydroxylation is 2. The van der Waals surface area contributed by atoms with Gasteiger partial charge in [-0.15, -0.1) is 0 Å². The highest BCUT2D eigenvalue weighted by Crippen LogP contribution is 2.31. The highest BCUT2D eigenvalue weighted by atomic mass is 16.1. The average molecular weight is 318 g/mol. The zero-order valence-electron chi connectivity index (χ0n) is 13.4. The molecule has 0 bridgehead atoms. The topological polar surface area (TPSA) is 59.8 Å². The summed E-state index contributed by atoms with van der Waals surface area (Å²) in [5, 5.41) is 7.60. The van der Waals surface area contributed by atoms with Gasteiger partial charge in [-0.3, -0.25) is 14.5 Å². The van der Waals surface area contributed by atoms with E-state index in [0.717, 1.165) is 18.4 Å². The van der Waals surface area contributed by atoms with Crippen molar-refractivity contribution in [1.82, 2.24) is 20.1 Å². The van der Waals surface area contributed by atoms with Crippen LogP contribution in [0.15, 0.2) is 55.0 Å². The highest BCUT2D eigenvalue weighted by molar-refractivity contribution is 6.00. The van der Waals surface area contributed by atoms with Gasteiger partial charge in [0.15, 0.2) is 0 Å². The maximum atomic E-state index is 12.8. The molecule has 5 heteroatoms. The van der Waals surface area contributed by atoms with Gasteiger partial charge < -0.3 is 5.32 Å². The van der Waals surface area contributed by atoms with Crippen molar-refractivity contribution >= 4 is 5.91 Å². The van der Waals surface area contributed by atoms with E-state index in [-0.39, 0.29) is 11.9 Å². The molecular weight excluding hydrogens is 300 g/mol. The molecule has 5 nitrogen and oxygen atoms in total. The number of nitrogens with one attached hydrogen (secondary N) is 1. The lowest BCUT2D eigenvalue weighted by Crippen LogP contribution is -2.27. The standard InChI is InChI=1S/C19H18N4O/c1-23-12-16(18(22-23)14-6-4-10-20-11-14)19(24)21-17-9-8-13-5-2-3-7-15(13)17/h2-7,10-12,17H,8-9H2,1H3,(H,21,24)/t17-/m0/s1. The van der Waals surface area contributed by atoms with Gasteiger partial charge in [0.25, 0.3) is 5.91 Å². The number of carbonyl (C=O) groups is 1. The van der Waals surface area contributed by atoms with Gasteiger partial charge in [0.2, 0.25) is 0 Å². The molecule has 0 saturated heterocycles. The molecule has 0 aliphatic heterocycles. The Bertz CT molecular complexity index is 885. The summed E-state index contributed by atoms with van der Waals surface area (Å²) in [6.45, 7) is 0. The second kappa shape index (κ2) is 5.92. The fourth-order valence-electron chi connectivity index (χ4n) is 3.31. The van der Waals surface area contributed by atoms with E-state index in [2.05, 4.69) is 27.5 Å². The molecule has 0 saturated carbocycles. The summed E-state index contributed by atoms with van der Waals surface area (Å²) in [6, 6.07) is 12.1. The van der Waals surface area contributed by atoms with Crippen molar-refractivity contribution in [3.63, 3.8) is 0 Å². The summed E-state index contributed by atoms with van der Waals surface area (Å²) in [7, 11) is 1.82. The zero-order chi connectivity index (χ0) is 16.5. The van der Waals surface area contributed by atoms with Crippen LogP contribution in [-0.2, 0) is 13.5 Å². The molecule has 0 fully saturated rings. The average Bonchev–Trinajstić information content (AvgIpc) is 3.20. The summed E-state index contributed by atoms with van der Waals surface area (Å²) in [6.07, 6.45) is 7.14. The summed E-state index contributed by atoms with van der Waals surface area (Å²) in [5.74, 6) is -0.0938. The minimum absolute atomic E-state index is 0.0654. The number of rotatable bonds is 3. The fourth-order valence-corrected chi connectivity index (χ4v) is 3.31. The number of hydrogen-bond acceptors (Lipinski definition) is 3. The van der Waals surface area contributed by atoms with Gasteiger partial charge in [-0.05, 0) is 36.1 Å². The maximum Gasteiger partial charge on any atom is 0.255 e. The molecule has 120 valence electrons. The van der Waals surface area contributed by atoms with Crippen molar-refractivity contribution in [2.75, 3.05) is 0 Å². The summed E-state index contributed by atoms with van der Waals surface area (Å²) in [4.78, 5) is 17.0. The molecule has 1 amide bonds. The first-order valence-electron chi connectivity index (χ1n) is 8.05. The first-order chi connectivity index (χ1) is 11.7. The van der Waals surface area contributed by atoms with Gasteiger partial charge in [0, 0.05) is 31.2 Å². The summed E-state index contributed by atoms with van der Waals surface area (Å²) in [5.41, 5.74) is 4.62. The highest BCUT2D eigenvalue weighted by Gasteiger charge is 2.25. The molecule has 0 radical (unpaired) electrons. The number of carbonyl (C=O) groups excluding carboxylic acids is 1. The molecule has 1 aliphatic rings. The second-order valence-electron chi connectivity index (χ2n) is 6.07. The normalized spacial score (nSPS) is 16.0. The molecule has 2 heterocycles. The Morgan fingerprint density at radius 2 is 2.12 bits per heavy atom. The van der Waals surface area contributed by atoms with Crippen molar-refractivity contribution in [3.8, 4) is 11.3 Å². The molecule has 0 unspecified atom stereocenters. The molecule has 1 atom stereocenters. The van der Waals surface area contributed by atoms with Crippen molar-refractivity contribution < 1.29 is 4.79 Å². The van der Waals surface area contributed by atoms with E-state index in [1.54, 1.807) is 23.3 Å². The van der Waals surface area contributed by atoms with Gasteiger partial charge >= 0.3 is 0 Å². The van der Waals surface area contributed by atoms with Crippen LogP contribution < -0.4 is 5.32 Å². The number of pyridine rings is 1. The van der Waals surface area contributed by atoms with Crippen molar-refractivity contribution in [1.29, 1.82) is 0 Å².